The molecule has 0 spiro atoms. The minimum absolute atomic E-state index is 0.0941. The Morgan fingerprint density at radius 3 is 2.40 bits per heavy atom. The van der Waals surface area contributed by atoms with Crippen molar-refractivity contribution in [3.8, 4) is 0 Å². The molecule has 1 aromatic carbocycles. The predicted molar refractivity (Wildman–Crippen MR) is 59.0 cm³/mol. The van der Waals surface area contributed by atoms with Crippen LogP contribution < -0.4 is 5.32 Å². The fourth-order valence-corrected chi connectivity index (χ4v) is 1.31. The van der Waals surface area contributed by atoms with Crippen LogP contribution in [-0.4, -0.2) is 17.3 Å². The van der Waals surface area contributed by atoms with E-state index in [2.05, 4.69) is 5.32 Å². The first-order valence-electron chi connectivity index (χ1n) is 5.14. The van der Waals surface area contributed by atoms with E-state index in [4.69, 9.17) is 5.11 Å². The number of hydrogen-bond acceptors (Lipinski definition) is 2. The zero-order valence-corrected chi connectivity index (χ0v) is 9.26. The van der Waals surface area contributed by atoms with E-state index in [0.717, 1.165) is 5.56 Å². The van der Waals surface area contributed by atoms with E-state index in [1.807, 2.05) is 13.8 Å². The van der Waals surface area contributed by atoms with Gasteiger partial charge in [0, 0.05) is 18.7 Å². The summed E-state index contributed by atoms with van der Waals surface area (Å²) < 4.78 is 12.6. The van der Waals surface area contributed by atoms with E-state index >= 15 is 0 Å². The average molecular weight is 211 g/mol. The summed E-state index contributed by atoms with van der Waals surface area (Å²) in [5, 5.41) is 12.2. The second kappa shape index (κ2) is 5.24. The second-order valence-electron chi connectivity index (χ2n) is 4.34. The van der Waals surface area contributed by atoms with Crippen LogP contribution in [-0.2, 0) is 6.54 Å². The lowest BCUT2D eigenvalue weighted by molar-refractivity contribution is 0.230. The SMILES string of the molecule is CC(C)(CCO)NCc1ccc(F)cc1. The predicted octanol–water partition coefficient (Wildman–Crippen LogP) is 2.08. The molecule has 1 aromatic rings. The fourth-order valence-electron chi connectivity index (χ4n) is 1.31. The van der Waals surface area contributed by atoms with Crippen LogP contribution >= 0.6 is 0 Å². The van der Waals surface area contributed by atoms with E-state index in [1.54, 1.807) is 12.1 Å². The number of halogens is 1. The maximum Gasteiger partial charge on any atom is 0.123 e. The summed E-state index contributed by atoms with van der Waals surface area (Å²) >= 11 is 0. The highest BCUT2D eigenvalue weighted by atomic mass is 19.1. The summed E-state index contributed by atoms with van der Waals surface area (Å²) in [6, 6.07) is 6.43. The second-order valence-corrected chi connectivity index (χ2v) is 4.34. The van der Waals surface area contributed by atoms with Gasteiger partial charge in [0.15, 0.2) is 0 Å². The molecule has 0 aliphatic carbocycles. The largest absolute Gasteiger partial charge is 0.396 e. The zero-order valence-electron chi connectivity index (χ0n) is 9.26. The van der Waals surface area contributed by atoms with Crippen LogP contribution in [0.25, 0.3) is 0 Å². The quantitative estimate of drug-likeness (QED) is 0.781. The average Bonchev–Trinajstić information content (AvgIpc) is 2.17. The first kappa shape index (κ1) is 12.1. The van der Waals surface area contributed by atoms with Crippen molar-refractivity contribution < 1.29 is 9.50 Å². The summed E-state index contributed by atoms with van der Waals surface area (Å²) in [5.74, 6) is -0.214. The molecule has 2 N–H and O–H groups in total. The first-order valence-corrected chi connectivity index (χ1v) is 5.14. The van der Waals surface area contributed by atoms with E-state index in [1.165, 1.54) is 12.1 Å². The van der Waals surface area contributed by atoms with Crippen LogP contribution in [0.1, 0.15) is 25.8 Å². The van der Waals surface area contributed by atoms with E-state index in [9.17, 15) is 4.39 Å². The van der Waals surface area contributed by atoms with E-state index in [0.29, 0.717) is 13.0 Å². The summed E-state index contributed by atoms with van der Waals surface area (Å²) in [5.41, 5.74) is 0.950. The van der Waals surface area contributed by atoms with E-state index < -0.39 is 0 Å². The highest BCUT2D eigenvalue weighted by molar-refractivity contribution is 5.16. The van der Waals surface area contributed by atoms with Crippen molar-refractivity contribution in [3.05, 3.63) is 35.6 Å². The third kappa shape index (κ3) is 4.40. The highest BCUT2D eigenvalue weighted by Crippen LogP contribution is 2.09. The smallest absolute Gasteiger partial charge is 0.123 e. The molecule has 0 heterocycles. The van der Waals surface area contributed by atoms with Gasteiger partial charge in [-0.05, 0) is 38.0 Å². The molecule has 0 aliphatic heterocycles. The standard InChI is InChI=1S/C12H18FNO/c1-12(2,7-8-15)14-9-10-3-5-11(13)6-4-10/h3-6,14-15H,7-9H2,1-2H3. The fraction of sp³-hybridized carbons (Fsp3) is 0.500. The summed E-state index contributed by atoms with van der Waals surface area (Å²) in [6.07, 6.45) is 0.703. The summed E-state index contributed by atoms with van der Waals surface area (Å²) in [6.45, 7) is 4.93. The topological polar surface area (TPSA) is 32.3 Å². The van der Waals surface area contributed by atoms with Crippen molar-refractivity contribution in [2.24, 2.45) is 0 Å². The maximum absolute atomic E-state index is 12.6. The molecule has 1 rings (SSSR count). The number of aliphatic hydroxyl groups excluding tert-OH is 1. The van der Waals surface area contributed by atoms with Gasteiger partial charge in [-0.15, -0.1) is 0 Å². The number of nitrogens with one attached hydrogen (secondary N) is 1. The minimum atomic E-state index is -0.214. The van der Waals surface area contributed by atoms with Crippen molar-refractivity contribution in [1.29, 1.82) is 0 Å². The van der Waals surface area contributed by atoms with Gasteiger partial charge >= 0.3 is 0 Å². The van der Waals surface area contributed by atoms with Crippen LogP contribution in [0.2, 0.25) is 0 Å². The van der Waals surface area contributed by atoms with Gasteiger partial charge in [0.2, 0.25) is 0 Å². The molecule has 2 nitrogen and oxygen atoms in total. The lowest BCUT2D eigenvalue weighted by atomic mass is 10.0. The van der Waals surface area contributed by atoms with Gasteiger partial charge in [-0.1, -0.05) is 12.1 Å². The molecular formula is C12H18FNO. The molecule has 0 unspecified atom stereocenters. The third-order valence-electron chi connectivity index (χ3n) is 2.42. The Labute approximate surface area is 90.1 Å². The van der Waals surface area contributed by atoms with Gasteiger partial charge in [0.1, 0.15) is 5.82 Å². The normalized spacial score (nSPS) is 11.7. The van der Waals surface area contributed by atoms with Gasteiger partial charge in [-0.3, -0.25) is 0 Å². The van der Waals surface area contributed by atoms with Gasteiger partial charge in [0.25, 0.3) is 0 Å². The minimum Gasteiger partial charge on any atom is -0.396 e. The Morgan fingerprint density at radius 1 is 1.27 bits per heavy atom. The molecule has 3 heteroatoms. The Hall–Kier alpha value is -0.930. The van der Waals surface area contributed by atoms with Crippen LogP contribution in [0.15, 0.2) is 24.3 Å². The van der Waals surface area contributed by atoms with Crippen LogP contribution in [0.5, 0.6) is 0 Å². The molecule has 0 aliphatic rings. The first-order chi connectivity index (χ1) is 7.03. The lowest BCUT2D eigenvalue weighted by Crippen LogP contribution is -2.39. The Bertz CT molecular complexity index is 295. The van der Waals surface area contributed by atoms with Crippen molar-refractivity contribution in [2.45, 2.75) is 32.4 Å². The summed E-state index contributed by atoms with van der Waals surface area (Å²) in [4.78, 5) is 0. The van der Waals surface area contributed by atoms with Gasteiger partial charge in [0.05, 0.1) is 0 Å². The number of hydrogen-bond donors (Lipinski definition) is 2. The molecule has 0 aromatic heterocycles. The lowest BCUT2D eigenvalue weighted by Gasteiger charge is -2.25. The van der Waals surface area contributed by atoms with Crippen LogP contribution in [0, 0.1) is 5.82 Å². The van der Waals surface area contributed by atoms with Crippen LogP contribution in [0.3, 0.4) is 0 Å². The molecule has 0 saturated heterocycles. The van der Waals surface area contributed by atoms with Crippen molar-refractivity contribution in [3.63, 3.8) is 0 Å². The molecule has 0 saturated carbocycles. The summed E-state index contributed by atoms with van der Waals surface area (Å²) in [7, 11) is 0. The van der Waals surface area contributed by atoms with Gasteiger partial charge < -0.3 is 10.4 Å². The van der Waals surface area contributed by atoms with Crippen molar-refractivity contribution in [1.82, 2.24) is 5.32 Å². The number of aliphatic hydroxyl groups is 1. The molecule has 0 radical (unpaired) electrons. The Morgan fingerprint density at radius 2 is 1.87 bits per heavy atom. The van der Waals surface area contributed by atoms with E-state index in [-0.39, 0.29) is 18.0 Å². The molecular weight excluding hydrogens is 193 g/mol. The van der Waals surface area contributed by atoms with Crippen LogP contribution in [0.4, 0.5) is 4.39 Å². The Kier molecular flexibility index (Phi) is 4.24. The monoisotopic (exact) mass is 211 g/mol. The molecule has 0 fully saturated rings. The van der Waals surface area contributed by atoms with Gasteiger partial charge in [-0.2, -0.15) is 0 Å². The van der Waals surface area contributed by atoms with Crippen molar-refractivity contribution in [2.75, 3.05) is 6.61 Å². The molecule has 0 bridgehead atoms. The Balaban J connectivity index is 2.46. The van der Waals surface area contributed by atoms with Crippen molar-refractivity contribution >= 4 is 0 Å². The zero-order chi connectivity index (χ0) is 11.3. The molecule has 0 amide bonds. The maximum atomic E-state index is 12.6. The number of rotatable bonds is 5. The number of benzene rings is 1. The molecule has 0 atom stereocenters. The van der Waals surface area contributed by atoms with Gasteiger partial charge in [-0.25, -0.2) is 4.39 Å². The highest BCUT2D eigenvalue weighted by Gasteiger charge is 2.15. The molecule has 15 heavy (non-hydrogen) atoms. The molecule has 84 valence electrons. The third-order valence-corrected chi connectivity index (χ3v) is 2.42.